The Morgan fingerprint density at radius 3 is 2.41 bits per heavy atom. The number of anilines is 1. The summed E-state index contributed by atoms with van der Waals surface area (Å²) in [6.45, 7) is 6.97. The van der Waals surface area contributed by atoms with Crippen molar-refractivity contribution in [2.45, 2.75) is 25.7 Å². The van der Waals surface area contributed by atoms with Gasteiger partial charge in [0.15, 0.2) is 5.82 Å². The summed E-state index contributed by atoms with van der Waals surface area (Å²) >= 11 is 0. The highest BCUT2D eigenvalue weighted by Gasteiger charge is 2.33. The molecule has 0 bridgehead atoms. The van der Waals surface area contributed by atoms with Gasteiger partial charge < -0.3 is 9.84 Å². The Hall–Kier alpha value is -2.24. The van der Waals surface area contributed by atoms with Crippen molar-refractivity contribution in [3.8, 4) is 0 Å². The number of carbonyl (C=O) groups is 1. The summed E-state index contributed by atoms with van der Waals surface area (Å²) in [6, 6.07) is 1.64. The van der Waals surface area contributed by atoms with Gasteiger partial charge in [-0.25, -0.2) is 8.42 Å². The van der Waals surface area contributed by atoms with Crippen LogP contribution in [0.4, 0.5) is 5.82 Å². The highest BCUT2D eigenvalue weighted by atomic mass is 32.2. The van der Waals surface area contributed by atoms with Gasteiger partial charge in [-0.05, 0) is 20.8 Å². The number of aryl methyl sites for hydroxylation is 3. The molecule has 1 saturated heterocycles. The highest BCUT2D eigenvalue weighted by Crippen LogP contribution is 2.24. The molecule has 0 aromatic carbocycles. The van der Waals surface area contributed by atoms with Gasteiger partial charge in [0.25, 0.3) is 0 Å². The van der Waals surface area contributed by atoms with Crippen LogP contribution < -0.4 is 5.32 Å². The topological polar surface area (TPSA) is 114 Å². The van der Waals surface area contributed by atoms with E-state index in [9.17, 15) is 13.2 Å². The van der Waals surface area contributed by atoms with Crippen molar-refractivity contribution in [2.75, 3.05) is 38.0 Å². The average Bonchev–Trinajstić information content (AvgIpc) is 3.10. The van der Waals surface area contributed by atoms with Crippen LogP contribution in [0, 0.1) is 20.8 Å². The van der Waals surface area contributed by atoms with E-state index in [1.807, 2.05) is 4.90 Å². The molecule has 0 radical (unpaired) electrons. The molecule has 27 heavy (non-hydrogen) atoms. The van der Waals surface area contributed by atoms with E-state index in [2.05, 4.69) is 15.6 Å². The summed E-state index contributed by atoms with van der Waals surface area (Å²) in [5.41, 5.74) is 1.12. The van der Waals surface area contributed by atoms with Crippen molar-refractivity contribution in [3.05, 3.63) is 23.2 Å². The van der Waals surface area contributed by atoms with Crippen LogP contribution in [0.3, 0.4) is 0 Å². The molecule has 11 heteroatoms. The van der Waals surface area contributed by atoms with Crippen LogP contribution in [0.15, 0.2) is 15.5 Å². The van der Waals surface area contributed by atoms with Crippen LogP contribution in [0.1, 0.15) is 17.1 Å². The second-order valence-electron chi connectivity index (χ2n) is 6.67. The van der Waals surface area contributed by atoms with Gasteiger partial charge in [0.2, 0.25) is 15.9 Å². The molecule has 1 aliphatic heterocycles. The average molecular weight is 396 g/mol. The molecule has 0 spiro atoms. The van der Waals surface area contributed by atoms with Crippen molar-refractivity contribution in [2.24, 2.45) is 7.05 Å². The van der Waals surface area contributed by atoms with Gasteiger partial charge in [-0.2, -0.15) is 9.40 Å². The number of aromatic nitrogens is 3. The summed E-state index contributed by atoms with van der Waals surface area (Å²) in [4.78, 5) is 14.3. The number of nitrogens with zero attached hydrogens (tertiary/aromatic N) is 5. The first-order chi connectivity index (χ1) is 12.7. The summed E-state index contributed by atoms with van der Waals surface area (Å²) in [5.74, 6) is 0.782. The first kappa shape index (κ1) is 19.5. The third-order valence-corrected chi connectivity index (χ3v) is 6.79. The number of rotatable bonds is 5. The molecule has 0 atom stereocenters. The van der Waals surface area contributed by atoms with Crippen LogP contribution >= 0.6 is 0 Å². The molecule has 0 saturated carbocycles. The Morgan fingerprint density at radius 1 is 1.22 bits per heavy atom. The van der Waals surface area contributed by atoms with E-state index in [1.54, 1.807) is 38.6 Å². The summed E-state index contributed by atoms with van der Waals surface area (Å²) < 4.78 is 33.9. The largest absolute Gasteiger partial charge is 0.360 e. The van der Waals surface area contributed by atoms with Crippen molar-refractivity contribution in [1.29, 1.82) is 0 Å². The molecule has 148 valence electrons. The van der Waals surface area contributed by atoms with E-state index in [1.165, 1.54) is 4.31 Å². The molecule has 0 unspecified atom stereocenters. The fourth-order valence-electron chi connectivity index (χ4n) is 3.20. The van der Waals surface area contributed by atoms with E-state index in [0.29, 0.717) is 49.1 Å². The number of sulfonamides is 1. The Kier molecular flexibility index (Phi) is 5.36. The maximum Gasteiger partial charge on any atom is 0.246 e. The monoisotopic (exact) mass is 396 g/mol. The van der Waals surface area contributed by atoms with E-state index in [0.717, 1.165) is 0 Å². The lowest BCUT2D eigenvalue weighted by Crippen LogP contribution is -2.50. The SMILES string of the molecule is Cc1cc(NC(=O)CN2CCN(S(=O)(=O)c3c(C)nn(C)c3C)CC2)no1. The second kappa shape index (κ2) is 7.41. The Bertz CT molecular complexity index is 940. The molecule has 10 nitrogen and oxygen atoms in total. The third-order valence-electron chi connectivity index (χ3n) is 4.63. The normalized spacial score (nSPS) is 16.6. The standard InChI is InChI=1S/C16H24N6O4S/c1-11-9-14(19-26-11)17-15(23)10-21-5-7-22(8-6-21)27(24,25)16-12(2)18-20(4)13(16)3/h9H,5-8,10H2,1-4H3,(H,17,19,23). The minimum absolute atomic E-state index is 0.171. The number of piperazine rings is 1. The highest BCUT2D eigenvalue weighted by molar-refractivity contribution is 7.89. The molecular weight excluding hydrogens is 372 g/mol. The summed E-state index contributed by atoms with van der Waals surface area (Å²) in [5, 5.41) is 10.6. The van der Waals surface area contributed by atoms with Crippen LogP contribution in [0.25, 0.3) is 0 Å². The number of hydrogen-bond donors (Lipinski definition) is 1. The van der Waals surface area contributed by atoms with Crippen molar-refractivity contribution in [1.82, 2.24) is 24.1 Å². The zero-order valence-corrected chi connectivity index (χ0v) is 16.7. The Morgan fingerprint density at radius 2 is 1.89 bits per heavy atom. The first-order valence-corrected chi connectivity index (χ1v) is 10.1. The maximum atomic E-state index is 13.0. The van der Waals surface area contributed by atoms with Gasteiger partial charge in [-0.15, -0.1) is 0 Å². The molecule has 1 amide bonds. The molecule has 3 rings (SSSR count). The van der Waals surface area contributed by atoms with Gasteiger partial charge >= 0.3 is 0 Å². The molecule has 2 aromatic rings. The predicted molar refractivity (Wildman–Crippen MR) is 97.8 cm³/mol. The summed E-state index contributed by atoms with van der Waals surface area (Å²) in [6.07, 6.45) is 0. The minimum Gasteiger partial charge on any atom is -0.360 e. The van der Waals surface area contributed by atoms with Crippen molar-refractivity contribution in [3.63, 3.8) is 0 Å². The van der Waals surface area contributed by atoms with Gasteiger partial charge in [-0.3, -0.25) is 14.4 Å². The van der Waals surface area contributed by atoms with Crippen LogP contribution in [0.5, 0.6) is 0 Å². The van der Waals surface area contributed by atoms with E-state index in [-0.39, 0.29) is 17.3 Å². The number of carbonyl (C=O) groups excluding carboxylic acids is 1. The fourth-order valence-corrected chi connectivity index (χ4v) is 5.02. The Labute approximate surface area is 158 Å². The van der Waals surface area contributed by atoms with Crippen LogP contribution in [-0.4, -0.2) is 71.2 Å². The zero-order chi connectivity index (χ0) is 19.8. The van der Waals surface area contributed by atoms with Crippen LogP contribution in [-0.2, 0) is 21.9 Å². The first-order valence-electron chi connectivity index (χ1n) is 8.64. The van der Waals surface area contributed by atoms with E-state index < -0.39 is 10.0 Å². The fraction of sp³-hybridized carbons (Fsp3) is 0.562. The van der Waals surface area contributed by atoms with E-state index >= 15 is 0 Å². The lowest BCUT2D eigenvalue weighted by atomic mass is 10.3. The molecular formula is C16H24N6O4S. The van der Waals surface area contributed by atoms with Crippen molar-refractivity contribution < 1.29 is 17.7 Å². The van der Waals surface area contributed by atoms with Gasteiger partial charge in [0.1, 0.15) is 10.7 Å². The third kappa shape index (κ3) is 4.04. The number of hydrogen-bond acceptors (Lipinski definition) is 7. The smallest absolute Gasteiger partial charge is 0.246 e. The van der Waals surface area contributed by atoms with Crippen molar-refractivity contribution >= 4 is 21.7 Å². The number of amides is 1. The zero-order valence-electron chi connectivity index (χ0n) is 15.9. The van der Waals surface area contributed by atoms with Gasteiger partial charge in [0, 0.05) is 39.3 Å². The van der Waals surface area contributed by atoms with Gasteiger partial charge in [0.05, 0.1) is 17.9 Å². The molecule has 1 fully saturated rings. The molecule has 0 aliphatic carbocycles. The quantitative estimate of drug-likeness (QED) is 0.772. The Balaban J connectivity index is 1.59. The minimum atomic E-state index is -3.60. The second-order valence-corrected chi connectivity index (χ2v) is 8.55. The van der Waals surface area contributed by atoms with E-state index in [4.69, 9.17) is 4.52 Å². The molecule has 3 heterocycles. The van der Waals surface area contributed by atoms with Crippen LogP contribution in [0.2, 0.25) is 0 Å². The lowest BCUT2D eigenvalue weighted by molar-refractivity contribution is -0.117. The molecule has 2 aromatic heterocycles. The number of nitrogens with one attached hydrogen (secondary N) is 1. The maximum absolute atomic E-state index is 13.0. The predicted octanol–water partition coefficient (Wildman–Crippen LogP) is 0.278. The summed E-state index contributed by atoms with van der Waals surface area (Å²) in [7, 11) is -1.87. The lowest BCUT2D eigenvalue weighted by Gasteiger charge is -2.33. The molecule has 1 aliphatic rings. The molecule has 1 N–H and O–H groups in total. The van der Waals surface area contributed by atoms with Gasteiger partial charge in [-0.1, -0.05) is 5.16 Å².